The van der Waals surface area contributed by atoms with Crippen LogP contribution in [0.2, 0.25) is 0 Å². The number of ether oxygens (including phenoxy) is 1. The van der Waals surface area contributed by atoms with Crippen molar-refractivity contribution >= 4 is 22.4 Å². The van der Waals surface area contributed by atoms with Gasteiger partial charge in [-0.1, -0.05) is 6.42 Å². The number of nitrogens with one attached hydrogen (secondary N) is 2. The summed E-state index contributed by atoms with van der Waals surface area (Å²) in [6, 6.07) is 6.44. The number of hydrogen-bond donors (Lipinski definition) is 2. The van der Waals surface area contributed by atoms with Crippen LogP contribution in [0.15, 0.2) is 35.6 Å². The minimum Gasteiger partial charge on any atom is -0.496 e. The van der Waals surface area contributed by atoms with Gasteiger partial charge in [-0.05, 0) is 49.1 Å². The molecule has 0 unspecified atom stereocenters. The SMILES string of the molecule is CN=C1Nc2cc(-c3cc4[nH]cc(C)c4cn3)c(OC)cc2C12CCC2. The summed E-state index contributed by atoms with van der Waals surface area (Å²) in [6.45, 7) is 2.09. The first kappa shape index (κ1) is 15.4. The standard InChI is InChI=1S/C21H22N4O/c1-12-10-23-17-9-16(24-11-14(12)17)13-7-18-15(8-19(13)26-3)21(5-4-6-21)20(22-2)25-18/h7-11,23H,4-6H2,1-3H3,(H,22,25). The van der Waals surface area contributed by atoms with Gasteiger partial charge in [0, 0.05) is 41.6 Å². The van der Waals surface area contributed by atoms with Crippen molar-refractivity contribution in [2.75, 3.05) is 19.5 Å². The van der Waals surface area contributed by atoms with Gasteiger partial charge >= 0.3 is 0 Å². The number of hydrogen-bond acceptors (Lipinski definition) is 3. The average Bonchev–Trinajstić information content (AvgIpc) is 3.17. The van der Waals surface area contributed by atoms with E-state index in [2.05, 4.69) is 40.4 Å². The van der Waals surface area contributed by atoms with Gasteiger partial charge in [-0.15, -0.1) is 0 Å². The Bertz CT molecular complexity index is 1060. The summed E-state index contributed by atoms with van der Waals surface area (Å²) in [5, 5.41) is 4.69. The Labute approximate surface area is 152 Å². The molecule has 0 amide bonds. The highest BCUT2D eigenvalue weighted by Gasteiger charge is 2.49. The first-order valence-electron chi connectivity index (χ1n) is 9.07. The van der Waals surface area contributed by atoms with Gasteiger partial charge in [0.25, 0.3) is 0 Å². The lowest BCUT2D eigenvalue weighted by Crippen LogP contribution is -2.41. The molecule has 1 aromatic carbocycles. The molecule has 0 bridgehead atoms. The Kier molecular flexibility index (Phi) is 3.17. The number of aromatic nitrogens is 2. The minimum absolute atomic E-state index is 0.0594. The van der Waals surface area contributed by atoms with Gasteiger partial charge in [-0.2, -0.15) is 0 Å². The average molecular weight is 346 g/mol. The van der Waals surface area contributed by atoms with E-state index in [-0.39, 0.29) is 5.41 Å². The molecule has 0 atom stereocenters. The number of methoxy groups -OCH3 is 1. The zero-order valence-corrected chi connectivity index (χ0v) is 15.3. The number of aryl methyl sites for hydroxylation is 1. The van der Waals surface area contributed by atoms with E-state index in [1.807, 2.05) is 19.4 Å². The summed E-state index contributed by atoms with van der Waals surface area (Å²) >= 11 is 0. The van der Waals surface area contributed by atoms with Crippen LogP contribution in [0.3, 0.4) is 0 Å². The van der Waals surface area contributed by atoms with E-state index >= 15 is 0 Å². The van der Waals surface area contributed by atoms with E-state index in [9.17, 15) is 0 Å². The van der Waals surface area contributed by atoms with E-state index < -0.39 is 0 Å². The second-order valence-electron chi connectivity index (χ2n) is 7.32. The van der Waals surface area contributed by atoms with Crippen molar-refractivity contribution in [2.24, 2.45) is 4.99 Å². The summed E-state index contributed by atoms with van der Waals surface area (Å²) < 4.78 is 5.76. The van der Waals surface area contributed by atoms with Crippen LogP contribution < -0.4 is 10.1 Å². The number of fused-ring (bicyclic) bond motifs is 3. The Hall–Kier alpha value is -2.82. The number of pyridine rings is 1. The maximum Gasteiger partial charge on any atom is 0.128 e. The molecule has 3 heterocycles. The molecule has 1 saturated carbocycles. The number of aromatic amines is 1. The summed E-state index contributed by atoms with van der Waals surface area (Å²) in [7, 11) is 3.60. The Morgan fingerprint density at radius 3 is 2.77 bits per heavy atom. The van der Waals surface area contributed by atoms with Crippen molar-refractivity contribution in [3.63, 3.8) is 0 Å². The van der Waals surface area contributed by atoms with Gasteiger partial charge in [0.1, 0.15) is 11.6 Å². The molecule has 5 rings (SSSR count). The molecule has 2 aliphatic rings. The second kappa shape index (κ2) is 5.34. The monoisotopic (exact) mass is 346 g/mol. The fourth-order valence-corrected chi connectivity index (χ4v) is 4.43. The van der Waals surface area contributed by atoms with Crippen LogP contribution in [0.5, 0.6) is 5.75 Å². The molecule has 1 aliphatic heterocycles. The van der Waals surface area contributed by atoms with Crippen molar-refractivity contribution in [1.82, 2.24) is 9.97 Å². The third-order valence-electron chi connectivity index (χ3n) is 6.04. The number of anilines is 1. The van der Waals surface area contributed by atoms with E-state index in [0.717, 1.165) is 52.3 Å². The smallest absolute Gasteiger partial charge is 0.128 e. The van der Waals surface area contributed by atoms with E-state index in [1.54, 1.807) is 7.11 Å². The molecule has 132 valence electrons. The molecule has 5 nitrogen and oxygen atoms in total. The zero-order chi connectivity index (χ0) is 17.9. The molecule has 1 spiro atoms. The van der Waals surface area contributed by atoms with Crippen LogP contribution in [-0.4, -0.2) is 30.0 Å². The second-order valence-corrected chi connectivity index (χ2v) is 7.32. The third kappa shape index (κ3) is 1.91. The molecule has 2 aromatic heterocycles. The third-order valence-corrected chi connectivity index (χ3v) is 6.04. The molecule has 1 fully saturated rings. The predicted octanol–water partition coefficient (Wildman–Crippen LogP) is 4.42. The van der Waals surface area contributed by atoms with Crippen LogP contribution in [-0.2, 0) is 5.41 Å². The maximum atomic E-state index is 5.76. The van der Waals surface area contributed by atoms with Crippen molar-refractivity contribution in [2.45, 2.75) is 31.6 Å². The van der Waals surface area contributed by atoms with Crippen LogP contribution in [0.1, 0.15) is 30.4 Å². The molecule has 26 heavy (non-hydrogen) atoms. The lowest BCUT2D eigenvalue weighted by Gasteiger charge is -2.38. The van der Waals surface area contributed by atoms with Crippen LogP contribution >= 0.6 is 0 Å². The van der Waals surface area contributed by atoms with E-state index in [4.69, 9.17) is 9.72 Å². The van der Waals surface area contributed by atoms with Crippen LogP contribution in [0, 0.1) is 6.92 Å². The van der Waals surface area contributed by atoms with Gasteiger partial charge in [-0.25, -0.2) is 0 Å². The first-order chi connectivity index (χ1) is 12.7. The number of aliphatic imine (C=N–C) groups is 1. The fraction of sp³-hybridized carbons (Fsp3) is 0.333. The number of nitrogens with zero attached hydrogens (tertiary/aromatic N) is 2. The Balaban J connectivity index is 1.68. The van der Waals surface area contributed by atoms with Gasteiger partial charge in [-0.3, -0.25) is 9.98 Å². The van der Waals surface area contributed by atoms with Crippen LogP contribution in [0.4, 0.5) is 5.69 Å². The highest BCUT2D eigenvalue weighted by molar-refractivity contribution is 6.11. The molecule has 3 aromatic rings. The lowest BCUT2D eigenvalue weighted by atomic mass is 9.65. The molecule has 5 heteroatoms. The molecule has 2 N–H and O–H groups in total. The van der Waals surface area contributed by atoms with Gasteiger partial charge in [0.15, 0.2) is 0 Å². The van der Waals surface area contributed by atoms with Crippen LogP contribution in [0.25, 0.3) is 22.2 Å². The number of benzene rings is 1. The zero-order valence-electron chi connectivity index (χ0n) is 15.3. The summed E-state index contributed by atoms with van der Waals surface area (Å²) in [5.74, 6) is 1.95. The van der Waals surface area contributed by atoms with Crippen molar-refractivity contribution in [1.29, 1.82) is 0 Å². The quantitative estimate of drug-likeness (QED) is 0.722. The summed E-state index contributed by atoms with van der Waals surface area (Å²) in [4.78, 5) is 12.5. The molecule has 1 aliphatic carbocycles. The Morgan fingerprint density at radius 2 is 2.08 bits per heavy atom. The normalized spacial score (nSPS) is 18.8. The van der Waals surface area contributed by atoms with Gasteiger partial charge in [0.2, 0.25) is 0 Å². The lowest BCUT2D eigenvalue weighted by molar-refractivity contribution is 0.344. The van der Waals surface area contributed by atoms with E-state index in [0.29, 0.717) is 0 Å². The molecule has 0 radical (unpaired) electrons. The Morgan fingerprint density at radius 1 is 1.23 bits per heavy atom. The summed E-state index contributed by atoms with van der Waals surface area (Å²) in [5.41, 5.74) is 6.70. The highest BCUT2D eigenvalue weighted by atomic mass is 16.5. The van der Waals surface area contributed by atoms with Crippen molar-refractivity contribution in [3.05, 3.63) is 41.7 Å². The van der Waals surface area contributed by atoms with Crippen molar-refractivity contribution in [3.8, 4) is 17.0 Å². The molecule has 0 saturated heterocycles. The van der Waals surface area contributed by atoms with Gasteiger partial charge in [0.05, 0.1) is 18.2 Å². The predicted molar refractivity (Wildman–Crippen MR) is 105 cm³/mol. The first-order valence-corrected chi connectivity index (χ1v) is 9.07. The summed E-state index contributed by atoms with van der Waals surface area (Å²) in [6.07, 6.45) is 7.49. The topological polar surface area (TPSA) is 62.3 Å². The molecular formula is C21H22N4O. The van der Waals surface area contributed by atoms with Gasteiger partial charge < -0.3 is 15.0 Å². The van der Waals surface area contributed by atoms with E-state index in [1.165, 1.54) is 17.5 Å². The van der Waals surface area contributed by atoms with Crippen molar-refractivity contribution < 1.29 is 4.74 Å². The fourth-order valence-electron chi connectivity index (χ4n) is 4.43. The largest absolute Gasteiger partial charge is 0.496 e. The number of H-pyrrole nitrogens is 1. The number of rotatable bonds is 2. The maximum absolute atomic E-state index is 5.76. The molecular weight excluding hydrogens is 324 g/mol. The number of amidine groups is 1. The minimum atomic E-state index is 0.0594. The highest BCUT2D eigenvalue weighted by Crippen LogP contribution is 2.53.